The Bertz CT molecular complexity index is 248. The van der Waals surface area contributed by atoms with Crippen molar-refractivity contribution in [3.05, 3.63) is 35.9 Å². The van der Waals surface area contributed by atoms with Crippen LogP contribution in [0, 0.1) is 0 Å². The third-order valence-electron chi connectivity index (χ3n) is 1.34. The van der Waals surface area contributed by atoms with Gasteiger partial charge in [-0.3, -0.25) is 10.5 Å². The normalized spacial score (nSPS) is 9.67. The number of hydrogen-bond donors (Lipinski definition) is 0. The molecule has 0 aliphatic rings. The Morgan fingerprint density at radius 1 is 1.33 bits per heavy atom. The summed E-state index contributed by atoms with van der Waals surface area (Å²) < 4.78 is 0. The van der Waals surface area contributed by atoms with E-state index in [1.807, 2.05) is 30.3 Å². The van der Waals surface area contributed by atoms with Gasteiger partial charge < -0.3 is 0 Å². The summed E-state index contributed by atoms with van der Waals surface area (Å²) in [5.74, 6) is 0.594. The molecule has 0 fully saturated rings. The number of benzene rings is 1. The number of thioether (sulfide) groups is 1. The Kier molecular flexibility index (Phi) is 3.67. The molecule has 1 amide bonds. The zero-order valence-electron chi connectivity index (χ0n) is 6.62. The lowest BCUT2D eigenvalue weighted by molar-refractivity contribution is -0.116. The SMILES string of the molecule is [NH]C(=O)CSCc1ccccc1. The van der Waals surface area contributed by atoms with Gasteiger partial charge in [0.15, 0.2) is 0 Å². The first-order valence-electron chi connectivity index (χ1n) is 3.65. The lowest BCUT2D eigenvalue weighted by Gasteiger charge is -1.97. The lowest BCUT2D eigenvalue weighted by atomic mass is 10.2. The fourth-order valence-electron chi connectivity index (χ4n) is 0.836. The molecule has 0 aliphatic heterocycles. The first kappa shape index (κ1) is 9.13. The predicted molar refractivity (Wildman–Crippen MR) is 50.7 cm³/mol. The zero-order chi connectivity index (χ0) is 8.81. The molecule has 63 valence electrons. The maximum absolute atomic E-state index is 10.3. The van der Waals surface area contributed by atoms with Crippen LogP contribution in [0.15, 0.2) is 30.3 Å². The standard InChI is InChI=1S/C9H10NOS/c10-9(11)7-12-6-8-4-2-1-3-5-8/h1-5,10H,6-7H2. The van der Waals surface area contributed by atoms with Crippen LogP contribution in [-0.4, -0.2) is 11.7 Å². The Morgan fingerprint density at radius 3 is 2.58 bits per heavy atom. The molecule has 0 aromatic heterocycles. The molecule has 1 aromatic carbocycles. The quantitative estimate of drug-likeness (QED) is 0.708. The molecule has 1 radical (unpaired) electrons. The van der Waals surface area contributed by atoms with Crippen molar-refractivity contribution in [2.45, 2.75) is 5.75 Å². The predicted octanol–water partition coefficient (Wildman–Crippen LogP) is 1.73. The second-order valence-electron chi connectivity index (χ2n) is 2.40. The largest absolute Gasteiger partial charge is 0.272 e. The van der Waals surface area contributed by atoms with Gasteiger partial charge in [-0.1, -0.05) is 30.3 Å². The summed E-state index contributed by atoms with van der Waals surface area (Å²) in [6.07, 6.45) is 0. The first-order valence-corrected chi connectivity index (χ1v) is 4.80. The van der Waals surface area contributed by atoms with E-state index in [4.69, 9.17) is 5.73 Å². The molecule has 0 saturated heterocycles. The number of amides is 1. The van der Waals surface area contributed by atoms with Crippen LogP contribution < -0.4 is 5.73 Å². The molecule has 0 atom stereocenters. The maximum Gasteiger partial charge on any atom is 0.248 e. The molecular weight excluding hydrogens is 170 g/mol. The number of carbonyl (C=O) groups excluding carboxylic acids is 1. The third kappa shape index (κ3) is 3.44. The summed E-state index contributed by atoms with van der Waals surface area (Å²) in [4.78, 5) is 10.3. The fourth-order valence-corrected chi connectivity index (χ4v) is 1.55. The molecule has 0 bridgehead atoms. The van der Waals surface area contributed by atoms with Crippen LogP contribution in [0.1, 0.15) is 5.56 Å². The highest BCUT2D eigenvalue weighted by molar-refractivity contribution is 7.99. The van der Waals surface area contributed by atoms with Gasteiger partial charge in [0, 0.05) is 5.75 Å². The van der Waals surface area contributed by atoms with E-state index in [0.717, 1.165) is 5.75 Å². The van der Waals surface area contributed by atoms with E-state index < -0.39 is 5.91 Å². The highest BCUT2D eigenvalue weighted by atomic mass is 32.2. The summed E-state index contributed by atoms with van der Waals surface area (Å²) in [6, 6.07) is 9.93. The molecule has 0 saturated carbocycles. The van der Waals surface area contributed by atoms with E-state index in [2.05, 4.69) is 0 Å². The second kappa shape index (κ2) is 4.83. The van der Waals surface area contributed by atoms with Crippen molar-refractivity contribution in [1.29, 1.82) is 0 Å². The smallest absolute Gasteiger partial charge is 0.248 e. The van der Waals surface area contributed by atoms with E-state index in [9.17, 15) is 4.79 Å². The molecule has 1 rings (SSSR count). The molecule has 3 heteroatoms. The van der Waals surface area contributed by atoms with Crippen molar-refractivity contribution in [2.75, 3.05) is 5.75 Å². The van der Waals surface area contributed by atoms with Gasteiger partial charge in [0.1, 0.15) is 0 Å². The van der Waals surface area contributed by atoms with E-state index in [0.29, 0.717) is 0 Å². The minimum absolute atomic E-state index is 0.287. The monoisotopic (exact) mass is 180 g/mol. The summed E-state index contributed by atoms with van der Waals surface area (Å²) >= 11 is 1.48. The van der Waals surface area contributed by atoms with Crippen molar-refractivity contribution in [1.82, 2.24) is 5.73 Å². The molecule has 2 nitrogen and oxygen atoms in total. The van der Waals surface area contributed by atoms with Gasteiger partial charge in [-0.2, -0.15) is 0 Å². The Hall–Kier alpha value is -0.960. The van der Waals surface area contributed by atoms with Crippen LogP contribution in [0.2, 0.25) is 0 Å². The molecule has 12 heavy (non-hydrogen) atoms. The first-order chi connectivity index (χ1) is 5.79. The number of carbonyl (C=O) groups is 1. The van der Waals surface area contributed by atoms with E-state index in [-0.39, 0.29) is 5.75 Å². The van der Waals surface area contributed by atoms with Crippen molar-refractivity contribution < 1.29 is 4.79 Å². The second-order valence-corrected chi connectivity index (χ2v) is 3.39. The Morgan fingerprint density at radius 2 is 2.00 bits per heavy atom. The summed E-state index contributed by atoms with van der Waals surface area (Å²) in [7, 11) is 0. The minimum atomic E-state index is -0.504. The topological polar surface area (TPSA) is 40.9 Å². The van der Waals surface area contributed by atoms with Gasteiger partial charge >= 0.3 is 0 Å². The van der Waals surface area contributed by atoms with Crippen LogP contribution in [0.25, 0.3) is 0 Å². The number of rotatable bonds is 4. The maximum atomic E-state index is 10.3. The molecule has 0 spiro atoms. The summed E-state index contributed by atoms with van der Waals surface area (Å²) in [5, 5.41) is 0. The van der Waals surface area contributed by atoms with Gasteiger partial charge in [-0.15, -0.1) is 11.8 Å². The average Bonchev–Trinajstić information content (AvgIpc) is 2.05. The van der Waals surface area contributed by atoms with Crippen LogP contribution in [-0.2, 0) is 10.5 Å². The van der Waals surface area contributed by atoms with Gasteiger partial charge in [0.25, 0.3) is 0 Å². The van der Waals surface area contributed by atoms with Crippen LogP contribution in [0.3, 0.4) is 0 Å². The minimum Gasteiger partial charge on any atom is -0.272 e. The summed E-state index contributed by atoms with van der Waals surface area (Å²) in [6.45, 7) is 0. The zero-order valence-corrected chi connectivity index (χ0v) is 7.43. The van der Waals surface area contributed by atoms with Crippen molar-refractivity contribution in [3.8, 4) is 0 Å². The van der Waals surface area contributed by atoms with E-state index >= 15 is 0 Å². The van der Waals surface area contributed by atoms with Crippen LogP contribution in [0.4, 0.5) is 0 Å². The highest BCUT2D eigenvalue weighted by Gasteiger charge is 1.95. The van der Waals surface area contributed by atoms with Crippen molar-refractivity contribution in [2.24, 2.45) is 0 Å². The number of nitrogens with one attached hydrogen (secondary N) is 1. The Labute approximate surface area is 76.2 Å². The molecular formula is C9H10NOS. The summed E-state index contributed by atoms with van der Waals surface area (Å²) in [5.41, 5.74) is 7.88. The lowest BCUT2D eigenvalue weighted by Crippen LogP contribution is -2.00. The molecule has 1 N–H and O–H groups in total. The molecule has 0 aliphatic carbocycles. The van der Waals surface area contributed by atoms with E-state index in [1.165, 1.54) is 17.3 Å². The molecule has 0 unspecified atom stereocenters. The van der Waals surface area contributed by atoms with Crippen molar-refractivity contribution in [3.63, 3.8) is 0 Å². The van der Waals surface area contributed by atoms with Gasteiger partial charge in [0.2, 0.25) is 5.91 Å². The molecule has 0 heterocycles. The third-order valence-corrected chi connectivity index (χ3v) is 2.35. The Balaban J connectivity index is 2.29. The fraction of sp³-hybridized carbons (Fsp3) is 0.222. The van der Waals surface area contributed by atoms with Gasteiger partial charge in [-0.25, -0.2) is 0 Å². The molecule has 1 aromatic rings. The van der Waals surface area contributed by atoms with E-state index in [1.54, 1.807) is 0 Å². The highest BCUT2D eigenvalue weighted by Crippen LogP contribution is 2.10. The van der Waals surface area contributed by atoms with Crippen molar-refractivity contribution >= 4 is 17.7 Å². The van der Waals surface area contributed by atoms with Crippen LogP contribution >= 0.6 is 11.8 Å². The number of hydrogen-bond acceptors (Lipinski definition) is 2. The van der Waals surface area contributed by atoms with Gasteiger partial charge in [0.05, 0.1) is 5.75 Å². The average molecular weight is 180 g/mol. The van der Waals surface area contributed by atoms with Crippen LogP contribution in [0.5, 0.6) is 0 Å². The van der Waals surface area contributed by atoms with Gasteiger partial charge in [-0.05, 0) is 5.56 Å².